The summed E-state index contributed by atoms with van der Waals surface area (Å²) in [6.07, 6.45) is 0.898. The van der Waals surface area contributed by atoms with Crippen molar-refractivity contribution in [1.29, 1.82) is 0 Å². The third-order valence-electron chi connectivity index (χ3n) is 4.27. The molecule has 2 rings (SSSR count). The number of amides is 1. The van der Waals surface area contributed by atoms with E-state index in [4.69, 9.17) is 9.47 Å². The molecule has 7 nitrogen and oxygen atoms in total. The van der Waals surface area contributed by atoms with Gasteiger partial charge in [-0.3, -0.25) is 9.10 Å². The number of nitrogens with zero attached hydrogens (tertiary/aromatic N) is 1. The molecule has 0 aliphatic carbocycles. The first kappa shape index (κ1) is 22.7. The Bertz CT molecular complexity index is 894. The topological polar surface area (TPSA) is 84.9 Å². The highest BCUT2D eigenvalue weighted by Crippen LogP contribution is 2.24. The van der Waals surface area contributed by atoms with Gasteiger partial charge in [-0.1, -0.05) is 0 Å². The molecule has 0 heterocycles. The van der Waals surface area contributed by atoms with Gasteiger partial charge < -0.3 is 14.8 Å². The zero-order valence-electron chi connectivity index (χ0n) is 17.2. The van der Waals surface area contributed by atoms with Gasteiger partial charge in [-0.25, -0.2) is 8.42 Å². The predicted octanol–water partition coefficient (Wildman–Crippen LogP) is 3.07. The normalized spacial score (nSPS) is 11.3. The van der Waals surface area contributed by atoms with Crippen LogP contribution in [0.15, 0.2) is 53.4 Å². The van der Waals surface area contributed by atoms with Crippen LogP contribution in [0, 0.1) is 0 Å². The van der Waals surface area contributed by atoms with Crippen molar-refractivity contribution >= 4 is 21.6 Å². The molecule has 1 N–H and O–H groups in total. The predicted molar refractivity (Wildman–Crippen MR) is 113 cm³/mol. The van der Waals surface area contributed by atoms with Crippen molar-refractivity contribution in [3.63, 3.8) is 0 Å². The fourth-order valence-electron chi connectivity index (χ4n) is 2.56. The number of sulfonamides is 1. The molecule has 0 spiro atoms. The second kappa shape index (κ2) is 10.3. The van der Waals surface area contributed by atoms with Gasteiger partial charge in [0.15, 0.2) is 0 Å². The van der Waals surface area contributed by atoms with Crippen LogP contribution in [0.4, 0.5) is 5.69 Å². The Morgan fingerprint density at radius 1 is 1.07 bits per heavy atom. The molecular weight excluding hydrogens is 392 g/mol. The van der Waals surface area contributed by atoms with Crippen molar-refractivity contribution in [2.75, 3.05) is 31.6 Å². The Kier molecular flexibility index (Phi) is 8.04. The van der Waals surface area contributed by atoms with Gasteiger partial charge in [-0.05, 0) is 68.8 Å². The Morgan fingerprint density at radius 3 is 2.24 bits per heavy atom. The van der Waals surface area contributed by atoms with Gasteiger partial charge in [0.1, 0.15) is 5.75 Å². The van der Waals surface area contributed by atoms with Crippen molar-refractivity contribution in [2.45, 2.75) is 31.3 Å². The van der Waals surface area contributed by atoms with E-state index < -0.39 is 10.0 Å². The molecule has 2 aromatic rings. The number of rotatable bonds is 10. The van der Waals surface area contributed by atoms with Gasteiger partial charge in [0.2, 0.25) is 0 Å². The summed E-state index contributed by atoms with van der Waals surface area (Å²) in [5, 5.41) is 2.83. The first-order valence-electron chi connectivity index (χ1n) is 9.38. The molecule has 0 radical (unpaired) electrons. The molecule has 2 aromatic carbocycles. The minimum atomic E-state index is -3.71. The maximum Gasteiger partial charge on any atom is 0.264 e. The molecule has 0 aliphatic rings. The minimum Gasteiger partial charge on any atom is -0.497 e. The molecule has 0 unspecified atom stereocenters. The number of methoxy groups -OCH3 is 1. The molecule has 29 heavy (non-hydrogen) atoms. The fourth-order valence-corrected chi connectivity index (χ4v) is 3.76. The number of carbonyl (C=O) groups excluding carboxylic acids is 1. The summed E-state index contributed by atoms with van der Waals surface area (Å²) in [7, 11) is -0.718. The maximum absolute atomic E-state index is 12.8. The highest BCUT2D eigenvalue weighted by Gasteiger charge is 2.21. The van der Waals surface area contributed by atoms with E-state index in [9.17, 15) is 13.2 Å². The highest BCUT2D eigenvalue weighted by atomic mass is 32.2. The summed E-state index contributed by atoms with van der Waals surface area (Å²) in [5.74, 6) is 0.375. The van der Waals surface area contributed by atoms with Crippen LogP contribution in [0.25, 0.3) is 0 Å². The van der Waals surface area contributed by atoms with E-state index in [0.717, 1.165) is 6.42 Å². The highest BCUT2D eigenvalue weighted by molar-refractivity contribution is 7.92. The van der Waals surface area contributed by atoms with Crippen LogP contribution in [0.1, 0.15) is 30.6 Å². The molecule has 8 heteroatoms. The van der Waals surface area contributed by atoms with E-state index >= 15 is 0 Å². The average molecular weight is 421 g/mol. The first-order chi connectivity index (χ1) is 13.8. The quantitative estimate of drug-likeness (QED) is 0.597. The van der Waals surface area contributed by atoms with Crippen LogP contribution >= 0.6 is 0 Å². The van der Waals surface area contributed by atoms with E-state index in [2.05, 4.69) is 5.32 Å². The number of ether oxygens (including phenoxy) is 2. The maximum atomic E-state index is 12.8. The van der Waals surface area contributed by atoms with E-state index in [1.54, 1.807) is 36.4 Å². The molecule has 0 aliphatic heterocycles. The minimum absolute atomic E-state index is 0.159. The number of hydrogen-bond donors (Lipinski definition) is 1. The third-order valence-corrected chi connectivity index (χ3v) is 6.07. The van der Waals surface area contributed by atoms with Crippen LogP contribution in [0.5, 0.6) is 5.75 Å². The van der Waals surface area contributed by atoms with Gasteiger partial charge in [0.25, 0.3) is 15.9 Å². The largest absolute Gasteiger partial charge is 0.497 e. The van der Waals surface area contributed by atoms with E-state index in [1.807, 2.05) is 13.8 Å². The molecular formula is C21H28N2O5S. The number of anilines is 1. The Balaban J connectivity index is 2.00. The molecule has 0 saturated carbocycles. The summed E-state index contributed by atoms with van der Waals surface area (Å²) in [4.78, 5) is 12.4. The standard InChI is InChI=1S/C21H28N2O5S/c1-16(2)28-15-5-14-22-21(24)17-6-8-18(9-7-17)23(3)29(25,26)20-12-10-19(27-4)11-13-20/h6-13,16H,5,14-15H2,1-4H3,(H,22,24). The summed E-state index contributed by atoms with van der Waals surface area (Å²) in [6.45, 7) is 5.03. The van der Waals surface area contributed by atoms with Gasteiger partial charge in [0.05, 0.1) is 23.8 Å². The average Bonchev–Trinajstić information content (AvgIpc) is 2.72. The summed E-state index contributed by atoms with van der Waals surface area (Å²) in [6, 6.07) is 12.6. The number of carbonyl (C=O) groups is 1. The lowest BCUT2D eigenvalue weighted by Crippen LogP contribution is -2.27. The smallest absolute Gasteiger partial charge is 0.264 e. The molecule has 0 aromatic heterocycles. The SMILES string of the molecule is COc1ccc(S(=O)(=O)N(C)c2ccc(C(=O)NCCCOC(C)C)cc2)cc1. The number of hydrogen-bond acceptors (Lipinski definition) is 5. The Morgan fingerprint density at radius 2 is 1.69 bits per heavy atom. The van der Waals surface area contributed by atoms with Crippen molar-refractivity contribution in [3.8, 4) is 5.75 Å². The molecule has 0 fully saturated rings. The van der Waals surface area contributed by atoms with Crippen LogP contribution in [-0.2, 0) is 14.8 Å². The first-order valence-corrected chi connectivity index (χ1v) is 10.8. The van der Waals surface area contributed by atoms with Crippen LogP contribution in [0.3, 0.4) is 0 Å². The third kappa shape index (κ3) is 6.20. The number of nitrogens with one attached hydrogen (secondary N) is 1. The second-order valence-corrected chi connectivity index (χ2v) is 8.69. The monoisotopic (exact) mass is 420 g/mol. The molecule has 158 valence electrons. The van der Waals surface area contributed by atoms with E-state index in [-0.39, 0.29) is 16.9 Å². The Labute approximate surface area is 172 Å². The van der Waals surface area contributed by atoms with Gasteiger partial charge in [0, 0.05) is 25.8 Å². The van der Waals surface area contributed by atoms with Gasteiger partial charge in [-0.15, -0.1) is 0 Å². The van der Waals surface area contributed by atoms with Gasteiger partial charge >= 0.3 is 0 Å². The lowest BCUT2D eigenvalue weighted by Gasteiger charge is -2.20. The zero-order valence-corrected chi connectivity index (χ0v) is 18.0. The van der Waals surface area contributed by atoms with Gasteiger partial charge in [-0.2, -0.15) is 0 Å². The van der Waals surface area contributed by atoms with Crippen molar-refractivity contribution in [3.05, 3.63) is 54.1 Å². The second-order valence-electron chi connectivity index (χ2n) is 6.72. The van der Waals surface area contributed by atoms with Crippen molar-refractivity contribution < 1.29 is 22.7 Å². The van der Waals surface area contributed by atoms with Crippen LogP contribution in [-0.4, -0.2) is 47.7 Å². The summed E-state index contributed by atoms with van der Waals surface area (Å²) >= 11 is 0. The van der Waals surface area contributed by atoms with E-state index in [0.29, 0.717) is 30.2 Å². The van der Waals surface area contributed by atoms with Crippen molar-refractivity contribution in [1.82, 2.24) is 5.32 Å². The molecule has 1 amide bonds. The van der Waals surface area contributed by atoms with E-state index in [1.165, 1.54) is 30.6 Å². The molecule has 0 bridgehead atoms. The van der Waals surface area contributed by atoms with Crippen LogP contribution < -0.4 is 14.4 Å². The Hall–Kier alpha value is -2.58. The van der Waals surface area contributed by atoms with Crippen molar-refractivity contribution in [2.24, 2.45) is 0 Å². The number of benzene rings is 2. The van der Waals surface area contributed by atoms with Crippen LogP contribution in [0.2, 0.25) is 0 Å². The fraction of sp³-hybridized carbons (Fsp3) is 0.381. The lowest BCUT2D eigenvalue weighted by molar-refractivity contribution is 0.0757. The summed E-state index contributed by atoms with van der Waals surface area (Å²) < 4.78 is 37.3. The molecule has 0 saturated heterocycles. The summed E-state index contributed by atoms with van der Waals surface area (Å²) in [5.41, 5.74) is 0.927. The lowest BCUT2D eigenvalue weighted by atomic mass is 10.2. The molecule has 0 atom stereocenters. The zero-order chi connectivity index (χ0) is 21.4.